The predicted molar refractivity (Wildman–Crippen MR) is 83.4 cm³/mol. The fourth-order valence-corrected chi connectivity index (χ4v) is 2.13. The van der Waals surface area contributed by atoms with Crippen molar-refractivity contribution < 1.29 is 4.79 Å². The van der Waals surface area contributed by atoms with Crippen LogP contribution in [0.15, 0.2) is 42.8 Å². The normalized spacial score (nSPS) is 13.1. The van der Waals surface area contributed by atoms with E-state index in [1.54, 1.807) is 12.4 Å². The number of aromatic nitrogens is 1. The zero-order valence-electron chi connectivity index (χ0n) is 12.4. The minimum Gasteiger partial charge on any atom is -0.369 e. The smallest absolute Gasteiger partial charge is 0.221 e. The molecule has 0 saturated carbocycles. The van der Waals surface area contributed by atoms with E-state index >= 15 is 0 Å². The molecule has 0 bridgehead atoms. The highest BCUT2D eigenvalue weighted by Gasteiger charge is 2.12. The number of hydrogen-bond donors (Lipinski definition) is 1. The Balaban J connectivity index is 2.86. The van der Waals surface area contributed by atoms with E-state index in [2.05, 4.69) is 43.1 Å². The largest absolute Gasteiger partial charge is 0.369 e. The van der Waals surface area contributed by atoms with Crippen LogP contribution < -0.4 is 5.73 Å². The van der Waals surface area contributed by atoms with Gasteiger partial charge in [0.05, 0.1) is 6.42 Å². The average Bonchev–Trinajstić information content (AvgIpc) is 2.43. The zero-order valence-corrected chi connectivity index (χ0v) is 12.4. The van der Waals surface area contributed by atoms with E-state index in [0.29, 0.717) is 5.92 Å². The van der Waals surface area contributed by atoms with Gasteiger partial charge in [-0.1, -0.05) is 44.6 Å². The maximum Gasteiger partial charge on any atom is 0.221 e. The molecular formula is C17H24N2O. The van der Waals surface area contributed by atoms with Gasteiger partial charge in [-0.2, -0.15) is 0 Å². The molecule has 0 aromatic carbocycles. The molecule has 0 aliphatic carbocycles. The number of primary amides is 1. The Hall–Kier alpha value is -1.90. The number of rotatable bonds is 8. The quantitative estimate of drug-likeness (QED) is 0.736. The van der Waals surface area contributed by atoms with E-state index < -0.39 is 0 Å². The third kappa shape index (κ3) is 5.39. The molecule has 1 heterocycles. The molecule has 0 aliphatic heterocycles. The van der Waals surface area contributed by atoms with Crippen molar-refractivity contribution in [1.82, 2.24) is 4.98 Å². The second-order valence-electron chi connectivity index (χ2n) is 4.83. The van der Waals surface area contributed by atoms with Gasteiger partial charge in [0.25, 0.3) is 0 Å². The van der Waals surface area contributed by atoms with Crippen LogP contribution in [0.2, 0.25) is 0 Å². The molecule has 0 fully saturated rings. The Morgan fingerprint density at radius 3 is 2.85 bits per heavy atom. The van der Waals surface area contributed by atoms with Crippen molar-refractivity contribution in [2.24, 2.45) is 5.73 Å². The summed E-state index contributed by atoms with van der Waals surface area (Å²) >= 11 is 0. The molecule has 108 valence electrons. The molecule has 0 aliphatic rings. The summed E-state index contributed by atoms with van der Waals surface area (Å²) in [7, 11) is 0. The van der Waals surface area contributed by atoms with Gasteiger partial charge in [-0.15, -0.1) is 0 Å². The summed E-state index contributed by atoms with van der Waals surface area (Å²) < 4.78 is 0. The molecule has 0 spiro atoms. The van der Waals surface area contributed by atoms with Crippen molar-refractivity contribution >= 4 is 5.91 Å². The molecule has 1 aromatic rings. The zero-order chi connectivity index (χ0) is 14.8. The van der Waals surface area contributed by atoms with Gasteiger partial charge in [0, 0.05) is 18.3 Å². The summed E-state index contributed by atoms with van der Waals surface area (Å²) in [5.74, 6) is -0.0282. The molecule has 1 atom stereocenters. The second kappa shape index (κ2) is 9.08. The molecule has 20 heavy (non-hydrogen) atoms. The maximum absolute atomic E-state index is 11.1. The van der Waals surface area contributed by atoms with Gasteiger partial charge >= 0.3 is 0 Å². The van der Waals surface area contributed by atoms with Crippen molar-refractivity contribution in [1.29, 1.82) is 0 Å². The molecule has 1 rings (SSSR count). The number of carbonyl (C=O) groups excluding carboxylic acids is 1. The lowest BCUT2D eigenvalue weighted by atomic mass is 9.91. The van der Waals surface area contributed by atoms with Crippen molar-refractivity contribution in [3.63, 3.8) is 0 Å². The van der Waals surface area contributed by atoms with Crippen LogP contribution in [0.4, 0.5) is 0 Å². The van der Waals surface area contributed by atoms with Gasteiger partial charge in [-0.05, 0) is 30.0 Å². The molecule has 1 amide bonds. The highest BCUT2D eigenvalue weighted by atomic mass is 16.1. The highest BCUT2D eigenvalue weighted by Crippen LogP contribution is 2.24. The van der Waals surface area contributed by atoms with Gasteiger partial charge in [0.2, 0.25) is 5.91 Å². The average molecular weight is 272 g/mol. The van der Waals surface area contributed by atoms with Crippen LogP contribution in [0.3, 0.4) is 0 Å². The van der Waals surface area contributed by atoms with Gasteiger partial charge in [0.1, 0.15) is 0 Å². The van der Waals surface area contributed by atoms with E-state index in [9.17, 15) is 4.79 Å². The minimum atomic E-state index is -0.319. The Bertz CT molecular complexity index is 478. The molecule has 1 aromatic heterocycles. The standard InChI is InChI=1S/C17H24N2O/c1-3-5-6-7-8-9-14(4-2)16-10-11-19-13-15(16)12-17(18)20/h6-11,13-14H,3-5,12H2,1-2H3,(H2,18,20)/b7-6+,9-8+. The second-order valence-corrected chi connectivity index (χ2v) is 4.83. The van der Waals surface area contributed by atoms with E-state index in [-0.39, 0.29) is 12.3 Å². The molecule has 0 radical (unpaired) electrons. The van der Waals surface area contributed by atoms with E-state index in [4.69, 9.17) is 5.73 Å². The summed E-state index contributed by atoms with van der Waals surface area (Å²) in [6.07, 6.45) is 15.5. The lowest BCUT2D eigenvalue weighted by molar-refractivity contribution is -0.117. The number of pyridine rings is 1. The summed E-state index contributed by atoms with van der Waals surface area (Å²) in [5, 5.41) is 0. The van der Waals surface area contributed by atoms with Crippen LogP contribution in [-0.4, -0.2) is 10.9 Å². The van der Waals surface area contributed by atoms with Crippen LogP contribution in [0, 0.1) is 0 Å². The van der Waals surface area contributed by atoms with Gasteiger partial charge in [-0.3, -0.25) is 9.78 Å². The number of hydrogen-bond acceptors (Lipinski definition) is 2. The van der Waals surface area contributed by atoms with E-state index in [1.165, 1.54) is 0 Å². The molecule has 3 heteroatoms. The van der Waals surface area contributed by atoms with Crippen LogP contribution in [0.5, 0.6) is 0 Å². The van der Waals surface area contributed by atoms with E-state index in [1.807, 2.05) is 6.07 Å². The summed E-state index contributed by atoms with van der Waals surface area (Å²) in [6, 6.07) is 1.98. The monoisotopic (exact) mass is 272 g/mol. The van der Waals surface area contributed by atoms with Crippen LogP contribution >= 0.6 is 0 Å². The fraction of sp³-hybridized carbons (Fsp3) is 0.412. The minimum absolute atomic E-state index is 0.249. The van der Waals surface area contributed by atoms with Crippen LogP contribution in [0.1, 0.15) is 50.2 Å². The molecule has 2 N–H and O–H groups in total. The summed E-state index contributed by atoms with van der Waals surface area (Å²) in [5.41, 5.74) is 7.36. The maximum atomic E-state index is 11.1. The lowest BCUT2D eigenvalue weighted by Crippen LogP contribution is -2.15. The number of unbranched alkanes of at least 4 members (excludes halogenated alkanes) is 1. The Kier molecular flexibility index (Phi) is 7.33. The van der Waals surface area contributed by atoms with Crippen molar-refractivity contribution in [3.8, 4) is 0 Å². The van der Waals surface area contributed by atoms with Crippen molar-refractivity contribution in [2.45, 2.75) is 45.4 Å². The highest BCUT2D eigenvalue weighted by molar-refractivity contribution is 5.77. The summed E-state index contributed by atoms with van der Waals surface area (Å²) in [4.78, 5) is 15.2. The first-order valence-electron chi connectivity index (χ1n) is 7.23. The van der Waals surface area contributed by atoms with Crippen molar-refractivity contribution in [2.75, 3.05) is 0 Å². The number of carbonyl (C=O) groups is 1. The Labute approximate surface area is 121 Å². The molecular weight excluding hydrogens is 248 g/mol. The summed E-state index contributed by atoms with van der Waals surface area (Å²) in [6.45, 7) is 4.30. The first-order valence-corrected chi connectivity index (χ1v) is 7.23. The van der Waals surface area contributed by atoms with Gasteiger partial charge in [-0.25, -0.2) is 0 Å². The fourth-order valence-electron chi connectivity index (χ4n) is 2.13. The first kappa shape index (κ1) is 16.2. The molecule has 1 unspecified atom stereocenters. The Morgan fingerprint density at radius 1 is 1.40 bits per heavy atom. The SMILES string of the molecule is CCC/C=C/C=C/C(CC)c1ccncc1CC(N)=O. The third-order valence-corrected chi connectivity index (χ3v) is 3.19. The Morgan fingerprint density at radius 2 is 2.20 bits per heavy atom. The van der Waals surface area contributed by atoms with Gasteiger partial charge < -0.3 is 5.73 Å². The third-order valence-electron chi connectivity index (χ3n) is 3.19. The first-order chi connectivity index (χ1) is 9.69. The number of nitrogens with zero attached hydrogens (tertiary/aromatic N) is 1. The number of allylic oxidation sites excluding steroid dienone is 4. The molecule has 3 nitrogen and oxygen atoms in total. The molecule has 0 saturated heterocycles. The topological polar surface area (TPSA) is 56.0 Å². The predicted octanol–water partition coefficient (Wildman–Crippen LogP) is 3.52. The lowest BCUT2D eigenvalue weighted by Gasteiger charge is -2.14. The number of amides is 1. The number of nitrogens with two attached hydrogens (primary N) is 1. The van der Waals surface area contributed by atoms with Crippen LogP contribution in [-0.2, 0) is 11.2 Å². The van der Waals surface area contributed by atoms with Crippen molar-refractivity contribution in [3.05, 3.63) is 53.9 Å². The van der Waals surface area contributed by atoms with Gasteiger partial charge in [0.15, 0.2) is 0 Å². The van der Waals surface area contributed by atoms with Crippen LogP contribution in [0.25, 0.3) is 0 Å². The van der Waals surface area contributed by atoms with E-state index in [0.717, 1.165) is 30.4 Å².